The first-order chi connectivity index (χ1) is 9.20. The second-order valence-corrected chi connectivity index (χ2v) is 5.72. The topological polar surface area (TPSA) is 84.3 Å². The predicted octanol–water partition coefficient (Wildman–Crippen LogP) is 2.16. The van der Waals surface area contributed by atoms with E-state index in [-0.39, 0.29) is 29.7 Å². The van der Waals surface area contributed by atoms with Crippen LogP contribution in [0.2, 0.25) is 0 Å². The van der Waals surface area contributed by atoms with Crippen molar-refractivity contribution in [2.75, 3.05) is 6.54 Å². The maximum absolute atomic E-state index is 11.7. The molecule has 0 aliphatic heterocycles. The number of para-hydroxylation sites is 1. The van der Waals surface area contributed by atoms with Crippen molar-refractivity contribution in [3.8, 4) is 0 Å². The standard InChI is InChI=1S/C14H21N3O3/c1-10(15-9-13(18)16-14(2,3)4)11-7-5-6-8-12(11)17(19)20/h5-8,10,15H,9H2,1-4H3,(H,16,18). The Morgan fingerprint density at radius 2 is 1.95 bits per heavy atom. The maximum Gasteiger partial charge on any atom is 0.274 e. The van der Waals surface area contributed by atoms with Crippen molar-refractivity contribution in [2.45, 2.75) is 39.3 Å². The molecule has 0 heterocycles. The van der Waals surface area contributed by atoms with Crippen LogP contribution in [0.15, 0.2) is 24.3 Å². The van der Waals surface area contributed by atoms with Gasteiger partial charge in [-0.05, 0) is 27.7 Å². The Balaban J connectivity index is 2.66. The molecule has 1 aromatic rings. The second-order valence-electron chi connectivity index (χ2n) is 5.72. The van der Waals surface area contributed by atoms with Crippen molar-refractivity contribution in [1.29, 1.82) is 0 Å². The quantitative estimate of drug-likeness (QED) is 0.639. The number of hydrogen-bond donors (Lipinski definition) is 2. The lowest BCUT2D eigenvalue weighted by atomic mass is 10.1. The van der Waals surface area contributed by atoms with Crippen LogP contribution in [-0.2, 0) is 4.79 Å². The molecule has 1 aromatic carbocycles. The smallest absolute Gasteiger partial charge is 0.274 e. The molecule has 0 aromatic heterocycles. The molecule has 2 N–H and O–H groups in total. The Morgan fingerprint density at radius 1 is 1.35 bits per heavy atom. The second kappa shape index (κ2) is 6.47. The van der Waals surface area contributed by atoms with E-state index in [1.807, 2.05) is 20.8 Å². The van der Waals surface area contributed by atoms with Gasteiger partial charge in [-0.15, -0.1) is 0 Å². The molecule has 110 valence electrons. The number of carbonyl (C=O) groups is 1. The Hall–Kier alpha value is -1.95. The van der Waals surface area contributed by atoms with Gasteiger partial charge in [-0.3, -0.25) is 14.9 Å². The van der Waals surface area contributed by atoms with Gasteiger partial charge in [0.05, 0.1) is 11.5 Å². The number of nitrogens with zero attached hydrogens (tertiary/aromatic N) is 1. The Morgan fingerprint density at radius 3 is 2.50 bits per heavy atom. The number of nitro groups is 1. The first kappa shape index (κ1) is 16.1. The fourth-order valence-corrected chi connectivity index (χ4v) is 1.84. The summed E-state index contributed by atoms with van der Waals surface area (Å²) in [4.78, 5) is 22.2. The van der Waals surface area contributed by atoms with E-state index < -0.39 is 4.92 Å². The van der Waals surface area contributed by atoms with Crippen LogP contribution in [0.25, 0.3) is 0 Å². The fourth-order valence-electron chi connectivity index (χ4n) is 1.84. The molecule has 0 bridgehead atoms. The van der Waals surface area contributed by atoms with E-state index in [1.54, 1.807) is 25.1 Å². The summed E-state index contributed by atoms with van der Waals surface area (Å²) >= 11 is 0. The molecule has 6 nitrogen and oxygen atoms in total. The third-order valence-corrected chi connectivity index (χ3v) is 2.68. The van der Waals surface area contributed by atoms with Crippen LogP contribution < -0.4 is 10.6 Å². The van der Waals surface area contributed by atoms with Crippen molar-refractivity contribution in [2.24, 2.45) is 0 Å². The molecule has 6 heteroatoms. The summed E-state index contributed by atoms with van der Waals surface area (Å²) in [5.74, 6) is -0.136. The number of benzene rings is 1. The zero-order valence-corrected chi connectivity index (χ0v) is 12.3. The monoisotopic (exact) mass is 279 g/mol. The Labute approximate surface area is 118 Å². The predicted molar refractivity (Wildman–Crippen MR) is 77.4 cm³/mol. The van der Waals surface area contributed by atoms with Crippen molar-refractivity contribution >= 4 is 11.6 Å². The summed E-state index contributed by atoms with van der Waals surface area (Å²) in [6.45, 7) is 7.61. The lowest BCUT2D eigenvalue weighted by molar-refractivity contribution is -0.385. The van der Waals surface area contributed by atoms with E-state index in [0.29, 0.717) is 5.56 Å². The van der Waals surface area contributed by atoms with Gasteiger partial charge in [0.25, 0.3) is 5.69 Å². The Bertz CT molecular complexity index is 495. The summed E-state index contributed by atoms with van der Waals surface area (Å²) in [5.41, 5.74) is 0.339. The molecular formula is C14H21N3O3. The van der Waals surface area contributed by atoms with Gasteiger partial charge in [0.1, 0.15) is 0 Å². The molecule has 0 spiro atoms. The van der Waals surface area contributed by atoms with Gasteiger partial charge < -0.3 is 10.6 Å². The third kappa shape index (κ3) is 4.97. The number of rotatable bonds is 5. The van der Waals surface area contributed by atoms with Gasteiger partial charge in [-0.1, -0.05) is 18.2 Å². The minimum Gasteiger partial charge on any atom is -0.350 e. The molecule has 20 heavy (non-hydrogen) atoms. The normalized spacial score (nSPS) is 12.8. The molecule has 0 saturated heterocycles. The zero-order chi connectivity index (χ0) is 15.3. The summed E-state index contributed by atoms with van der Waals surface area (Å²) in [6, 6.07) is 6.25. The lowest BCUT2D eigenvalue weighted by Gasteiger charge is -2.21. The van der Waals surface area contributed by atoms with Gasteiger partial charge in [0.2, 0.25) is 5.91 Å². The highest BCUT2D eigenvalue weighted by Crippen LogP contribution is 2.24. The van der Waals surface area contributed by atoms with Crippen LogP contribution in [-0.4, -0.2) is 22.9 Å². The molecule has 0 radical (unpaired) electrons. The van der Waals surface area contributed by atoms with Crippen LogP contribution in [0.5, 0.6) is 0 Å². The lowest BCUT2D eigenvalue weighted by Crippen LogP contribution is -2.45. The van der Waals surface area contributed by atoms with Crippen molar-refractivity contribution in [3.05, 3.63) is 39.9 Å². The molecule has 1 atom stereocenters. The number of amides is 1. The van der Waals surface area contributed by atoms with Gasteiger partial charge in [0, 0.05) is 23.2 Å². The molecule has 1 unspecified atom stereocenters. The van der Waals surface area contributed by atoms with Crippen LogP contribution in [0, 0.1) is 10.1 Å². The van der Waals surface area contributed by atoms with Crippen LogP contribution in [0.3, 0.4) is 0 Å². The molecule has 1 amide bonds. The Kier molecular flexibility index (Phi) is 5.21. The van der Waals surface area contributed by atoms with Crippen molar-refractivity contribution in [1.82, 2.24) is 10.6 Å². The van der Waals surface area contributed by atoms with Gasteiger partial charge in [-0.2, -0.15) is 0 Å². The minimum absolute atomic E-state index is 0.0590. The summed E-state index contributed by atoms with van der Waals surface area (Å²) in [7, 11) is 0. The van der Waals surface area contributed by atoms with E-state index in [2.05, 4.69) is 10.6 Å². The highest BCUT2D eigenvalue weighted by Gasteiger charge is 2.19. The number of nitro benzene ring substituents is 1. The molecular weight excluding hydrogens is 258 g/mol. The zero-order valence-electron chi connectivity index (χ0n) is 12.3. The van der Waals surface area contributed by atoms with Gasteiger partial charge in [0.15, 0.2) is 0 Å². The van der Waals surface area contributed by atoms with Crippen LogP contribution in [0.1, 0.15) is 39.3 Å². The molecule has 0 aliphatic rings. The average molecular weight is 279 g/mol. The molecule has 0 saturated carbocycles. The van der Waals surface area contributed by atoms with Crippen LogP contribution >= 0.6 is 0 Å². The van der Waals surface area contributed by atoms with Crippen LogP contribution in [0.4, 0.5) is 5.69 Å². The molecule has 0 fully saturated rings. The number of carbonyl (C=O) groups excluding carboxylic acids is 1. The molecule has 0 aliphatic carbocycles. The van der Waals surface area contributed by atoms with E-state index >= 15 is 0 Å². The van der Waals surface area contributed by atoms with Crippen molar-refractivity contribution in [3.63, 3.8) is 0 Å². The van der Waals surface area contributed by atoms with Crippen molar-refractivity contribution < 1.29 is 9.72 Å². The largest absolute Gasteiger partial charge is 0.350 e. The molecule has 1 rings (SSSR count). The summed E-state index contributed by atoms with van der Waals surface area (Å²) in [5, 5.41) is 16.8. The van der Waals surface area contributed by atoms with Gasteiger partial charge in [-0.25, -0.2) is 0 Å². The van der Waals surface area contributed by atoms with E-state index in [4.69, 9.17) is 0 Å². The minimum atomic E-state index is -0.414. The highest BCUT2D eigenvalue weighted by atomic mass is 16.6. The van der Waals surface area contributed by atoms with Gasteiger partial charge >= 0.3 is 0 Å². The average Bonchev–Trinajstić information content (AvgIpc) is 2.33. The van der Waals surface area contributed by atoms with E-state index in [0.717, 1.165) is 0 Å². The maximum atomic E-state index is 11.7. The highest BCUT2D eigenvalue weighted by molar-refractivity contribution is 5.78. The SMILES string of the molecule is CC(NCC(=O)NC(C)(C)C)c1ccccc1[N+](=O)[O-]. The number of nitrogens with one attached hydrogen (secondary N) is 2. The third-order valence-electron chi connectivity index (χ3n) is 2.68. The fraction of sp³-hybridized carbons (Fsp3) is 0.500. The van der Waals surface area contributed by atoms with E-state index in [9.17, 15) is 14.9 Å². The van der Waals surface area contributed by atoms with E-state index in [1.165, 1.54) is 6.07 Å². The number of hydrogen-bond acceptors (Lipinski definition) is 4. The first-order valence-electron chi connectivity index (χ1n) is 6.48. The summed E-state index contributed by atoms with van der Waals surface area (Å²) < 4.78 is 0. The first-order valence-corrected chi connectivity index (χ1v) is 6.48. The summed E-state index contributed by atoms with van der Waals surface area (Å²) in [6.07, 6.45) is 0.